The van der Waals surface area contributed by atoms with Crippen molar-refractivity contribution in [1.29, 1.82) is 0 Å². The van der Waals surface area contributed by atoms with E-state index in [1.165, 1.54) is 18.2 Å². The highest BCUT2D eigenvalue weighted by atomic mass is 32.2. The van der Waals surface area contributed by atoms with E-state index in [1.54, 1.807) is 12.1 Å². The van der Waals surface area contributed by atoms with E-state index in [2.05, 4.69) is 37.7 Å². The Labute approximate surface area is 228 Å². The number of fused-ring (bicyclic) bond motifs is 1. The van der Waals surface area contributed by atoms with E-state index in [0.717, 1.165) is 44.0 Å². The number of amides is 1. The number of nitrogens with one attached hydrogen (secondary N) is 3. The van der Waals surface area contributed by atoms with Crippen LogP contribution in [0.3, 0.4) is 0 Å². The Hall–Kier alpha value is -4.10. The summed E-state index contributed by atoms with van der Waals surface area (Å²) in [7, 11) is -2.22. The van der Waals surface area contributed by atoms with E-state index in [4.69, 9.17) is 0 Å². The highest BCUT2D eigenvalue weighted by molar-refractivity contribution is 7.91. The molecule has 0 unspecified atom stereocenters. The molecule has 3 N–H and O–H groups in total. The third-order valence-corrected chi connectivity index (χ3v) is 8.48. The van der Waals surface area contributed by atoms with Crippen LogP contribution in [0.25, 0.3) is 10.9 Å². The van der Waals surface area contributed by atoms with Crippen LogP contribution < -0.4 is 15.5 Å². The molecule has 1 aliphatic heterocycles. The lowest BCUT2D eigenvalue weighted by atomic mass is 10.1. The first-order chi connectivity index (χ1) is 19.2. The number of piperazine rings is 1. The molecule has 0 saturated carbocycles. The number of hydrogen-bond donors (Lipinski definition) is 3. The summed E-state index contributed by atoms with van der Waals surface area (Å²) in [5.74, 6) is -2.53. The molecule has 1 saturated heterocycles. The molecule has 0 bridgehead atoms. The Bertz CT molecular complexity index is 1650. The van der Waals surface area contributed by atoms with Crippen molar-refractivity contribution < 1.29 is 26.4 Å². The first-order valence-electron chi connectivity index (χ1n) is 12.5. The lowest BCUT2D eigenvalue weighted by molar-refractivity contribution is 0.102. The Morgan fingerprint density at radius 3 is 2.40 bits per heavy atom. The minimum Gasteiger partial charge on any atom is -0.382 e. The monoisotopic (exact) mass is 572 g/mol. The van der Waals surface area contributed by atoms with Crippen molar-refractivity contribution in [2.45, 2.75) is 9.79 Å². The van der Waals surface area contributed by atoms with Crippen LogP contribution in [0.1, 0.15) is 10.4 Å². The molecule has 40 heavy (non-hydrogen) atoms. The third-order valence-electron chi connectivity index (χ3n) is 6.75. The molecule has 4 aromatic rings. The third kappa shape index (κ3) is 5.61. The van der Waals surface area contributed by atoms with Crippen LogP contribution in [-0.4, -0.2) is 75.9 Å². The van der Waals surface area contributed by atoms with Crippen LogP contribution in [-0.2, 0) is 9.84 Å². The fourth-order valence-corrected chi connectivity index (χ4v) is 5.90. The van der Waals surface area contributed by atoms with Gasteiger partial charge in [0.2, 0.25) is 9.84 Å². The number of anilines is 3. The second kappa shape index (κ2) is 11.2. The van der Waals surface area contributed by atoms with Gasteiger partial charge in [0, 0.05) is 55.6 Å². The first-order valence-corrected chi connectivity index (χ1v) is 14.0. The number of hydrogen-bond acceptors (Lipinski definition) is 7. The SMILES string of the molecule is CN1CCN(c2ccc(C(=O)Nc3n[nH]c4ccc(S(=O)(=O)c5cc(F)cc(F)c5)cc34)c(NCCF)c2)CC1. The quantitative estimate of drug-likeness (QED) is 0.292. The minimum atomic E-state index is -4.27. The zero-order valence-corrected chi connectivity index (χ0v) is 22.4. The normalized spacial score (nSPS) is 14.4. The molecule has 9 nitrogen and oxygen atoms in total. The summed E-state index contributed by atoms with van der Waals surface area (Å²) < 4.78 is 66.6. The van der Waals surface area contributed by atoms with Gasteiger partial charge in [-0.15, -0.1) is 0 Å². The summed E-state index contributed by atoms with van der Waals surface area (Å²) in [6, 6.07) is 11.3. The highest BCUT2D eigenvalue weighted by Gasteiger charge is 2.23. The molecule has 1 aromatic heterocycles. The number of H-pyrrole nitrogens is 1. The minimum absolute atomic E-state index is 0.0136. The van der Waals surface area contributed by atoms with Gasteiger partial charge in [-0.3, -0.25) is 9.89 Å². The van der Waals surface area contributed by atoms with Gasteiger partial charge >= 0.3 is 0 Å². The molecule has 1 fully saturated rings. The van der Waals surface area contributed by atoms with Crippen LogP contribution in [0, 0.1) is 11.6 Å². The molecule has 13 heteroatoms. The van der Waals surface area contributed by atoms with Crippen molar-refractivity contribution in [1.82, 2.24) is 15.1 Å². The lowest BCUT2D eigenvalue weighted by Crippen LogP contribution is -2.44. The maximum Gasteiger partial charge on any atom is 0.258 e. The standard InChI is InChI=1S/C27H27F3N6O3S/c1-35-8-10-36(11-9-35)19-2-4-22(25(15-19)31-7-6-28)27(37)32-26-23-16-20(3-5-24(23)33-34-26)40(38,39)21-13-17(29)12-18(30)14-21/h2-5,12-16,31H,6-11H2,1H3,(H2,32,33,34,37). The van der Waals surface area contributed by atoms with Gasteiger partial charge in [0.05, 0.1) is 20.9 Å². The summed E-state index contributed by atoms with van der Waals surface area (Å²) in [6.45, 7) is 2.81. The van der Waals surface area contributed by atoms with E-state index in [1.807, 2.05) is 6.07 Å². The molecule has 210 valence electrons. The molecule has 5 rings (SSSR count). The molecular weight excluding hydrogens is 545 g/mol. The number of nitrogens with zero attached hydrogens (tertiary/aromatic N) is 3. The summed E-state index contributed by atoms with van der Waals surface area (Å²) in [6.07, 6.45) is 0. The van der Waals surface area contributed by atoms with E-state index < -0.39 is 38.9 Å². The Morgan fingerprint density at radius 1 is 0.975 bits per heavy atom. The number of sulfone groups is 1. The molecule has 2 heterocycles. The predicted octanol–water partition coefficient (Wildman–Crippen LogP) is 4.06. The first kappa shape index (κ1) is 27.5. The molecule has 1 aliphatic rings. The number of aromatic nitrogens is 2. The molecule has 0 aliphatic carbocycles. The summed E-state index contributed by atoms with van der Waals surface area (Å²) in [5, 5.41) is 12.8. The summed E-state index contributed by atoms with van der Waals surface area (Å²) in [5.41, 5.74) is 2.03. The number of halogens is 3. The number of benzene rings is 3. The molecule has 0 spiro atoms. The Balaban J connectivity index is 1.44. The van der Waals surface area contributed by atoms with Crippen molar-refractivity contribution in [2.24, 2.45) is 0 Å². The van der Waals surface area contributed by atoms with E-state index in [9.17, 15) is 26.4 Å². The fourth-order valence-electron chi connectivity index (χ4n) is 4.57. The number of aromatic amines is 1. The van der Waals surface area contributed by atoms with E-state index in [0.29, 0.717) is 17.3 Å². The second-order valence-corrected chi connectivity index (χ2v) is 11.4. The van der Waals surface area contributed by atoms with Gasteiger partial charge in [0.1, 0.15) is 18.3 Å². The van der Waals surface area contributed by atoms with Crippen LogP contribution in [0.5, 0.6) is 0 Å². The van der Waals surface area contributed by atoms with Gasteiger partial charge < -0.3 is 20.4 Å². The van der Waals surface area contributed by atoms with Crippen molar-refractivity contribution in [3.8, 4) is 0 Å². The van der Waals surface area contributed by atoms with Gasteiger partial charge in [-0.1, -0.05) is 0 Å². The number of likely N-dealkylation sites (N-methyl/N-ethyl adjacent to an activating group) is 1. The van der Waals surface area contributed by atoms with Gasteiger partial charge in [-0.05, 0) is 55.6 Å². The number of carbonyl (C=O) groups excluding carboxylic acids is 1. The average molecular weight is 573 g/mol. The maximum absolute atomic E-state index is 13.7. The van der Waals surface area contributed by atoms with Crippen LogP contribution in [0.15, 0.2) is 64.4 Å². The van der Waals surface area contributed by atoms with E-state index in [-0.39, 0.29) is 28.2 Å². The topological polar surface area (TPSA) is 110 Å². The summed E-state index contributed by atoms with van der Waals surface area (Å²) in [4.78, 5) is 17.0. The van der Waals surface area contributed by atoms with E-state index >= 15 is 0 Å². The van der Waals surface area contributed by atoms with Gasteiger partial charge in [-0.2, -0.15) is 5.10 Å². The largest absolute Gasteiger partial charge is 0.382 e. The molecule has 0 radical (unpaired) electrons. The molecular formula is C27H27F3N6O3S. The highest BCUT2D eigenvalue weighted by Crippen LogP contribution is 2.30. The molecule has 3 aromatic carbocycles. The number of rotatable bonds is 8. The van der Waals surface area contributed by atoms with Gasteiger partial charge in [0.15, 0.2) is 5.82 Å². The van der Waals surface area contributed by atoms with Crippen molar-refractivity contribution in [3.05, 3.63) is 71.8 Å². The number of carbonyl (C=O) groups is 1. The second-order valence-electron chi connectivity index (χ2n) is 9.48. The zero-order valence-electron chi connectivity index (χ0n) is 21.5. The van der Waals surface area contributed by atoms with Crippen LogP contribution in [0.4, 0.5) is 30.4 Å². The maximum atomic E-state index is 13.7. The van der Waals surface area contributed by atoms with Crippen LogP contribution >= 0.6 is 0 Å². The lowest BCUT2D eigenvalue weighted by Gasteiger charge is -2.34. The smallest absolute Gasteiger partial charge is 0.258 e. The van der Waals surface area contributed by atoms with Gasteiger partial charge in [-0.25, -0.2) is 21.6 Å². The molecule has 1 amide bonds. The summed E-state index contributed by atoms with van der Waals surface area (Å²) >= 11 is 0. The van der Waals surface area contributed by atoms with Crippen molar-refractivity contribution in [2.75, 3.05) is 62.0 Å². The fraction of sp³-hybridized carbons (Fsp3) is 0.259. The Kier molecular flexibility index (Phi) is 7.68. The number of alkyl halides is 1. The van der Waals surface area contributed by atoms with Crippen molar-refractivity contribution in [3.63, 3.8) is 0 Å². The average Bonchev–Trinajstić information content (AvgIpc) is 3.33. The zero-order chi connectivity index (χ0) is 28.4. The van der Waals surface area contributed by atoms with Gasteiger partial charge in [0.25, 0.3) is 5.91 Å². The predicted molar refractivity (Wildman–Crippen MR) is 146 cm³/mol. The van der Waals surface area contributed by atoms with Crippen molar-refractivity contribution >= 4 is 43.8 Å². The Morgan fingerprint density at radius 2 is 1.70 bits per heavy atom. The van der Waals surface area contributed by atoms with Crippen LogP contribution in [0.2, 0.25) is 0 Å². The molecule has 0 atom stereocenters.